The summed E-state index contributed by atoms with van der Waals surface area (Å²) in [6.07, 6.45) is 2.10. The van der Waals surface area contributed by atoms with Gasteiger partial charge in [-0.2, -0.15) is 0 Å². The van der Waals surface area contributed by atoms with Gasteiger partial charge in [0.25, 0.3) is 16.4 Å². The van der Waals surface area contributed by atoms with Gasteiger partial charge in [0.15, 0.2) is 0 Å². The van der Waals surface area contributed by atoms with E-state index in [1.807, 2.05) is 12.1 Å². The molecule has 4 aromatic rings. The highest BCUT2D eigenvalue weighted by atomic mass is 32.2. The summed E-state index contributed by atoms with van der Waals surface area (Å²) >= 11 is 1.87. The molecule has 1 atom stereocenters. The molecule has 56 heavy (non-hydrogen) atoms. The minimum Gasteiger partial charge on any atom is -0.497 e. The van der Waals surface area contributed by atoms with Gasteiger partial charge in [0.1, 0.15) is 47.6 Å². The minimum atomic E-state index is -0.398. The second-order valence-corrected chi connectivity index (χ2v) is 13.5. The maximum Gasteiger partial charge on any atom is 0.290 e. The summed E-state index contributed by atoms with van der Waals surface area (Å²) in [5, 5.41) is 28.5. The first kappa shape index (κ1) is 44.1. The number of nitrogens with zero attached hydrogens (tertiary/aromatic N) is 2. The molecule has 0 bridgehead atoms. The Labute approximate surface area is 332 Å². The summed E-state index contributed by atoms with van der Waals surface area (Å²) in [4.78, 5) is 45.9. The molecule has 1 unspecified atom stereocenters. The van der Waals surface area contributed by atoms with Crippen molar-refractivity contribution in [3.05, 3.63) is 124 Å². The Kier molecular flexibility index (Phi) is 17.0. The molecule has 0 aliphatic carbocycles. The first-order chi connectivity index (χ1) is 26.2. The first-order valence-electron chi connectivity index (χ1n) is 16.1. The zero-order valence-corrected chi connectivity index (χ0v) is 30.5. The van der Waals surface area contributed by atoms with Gasteiger partial charge < -0.3 is 29.4 Å². The topological polar surface area (TPSA) is 194 Å². The third-order valence-electron chi connectivity index (χ3n) is 7.73. The number of oxime groups is 2. The molecule has 2 saturated heterocycles. The maximum absolute atomic E-state index is 11.6. The highest BCUT2D eigenvalue weighted by Gasteiger charge is 2.31. The number of hydrogen-bond acceptors (Lipinski definition) is 14. The standard InChI is InChI=1S/C19H18N2O5S.C19H16N2O5S.2CH4/c2*1-25-15-4-2-3-13(10-15)16(21-24)11-26-14-7-5-12(6-8-14)9-17-18(22)20-19(23)27-17;;/h2-8,10,17,24H,9,11H2,1H3,(H,20,22,23);2-10,24H,11H2,1H3,(H,20,22,23);2*1H4/b;17-9-,21-16?;;. The van der Waals surface area contributed by atoms with Crippen LogP contribution in [0.3, 0.4) is 0 Å². The number of hydrogen-bond donors (Lipinski definition) is 4. The van der Waals surface area contributed by atoms with Crippen LogP contribution in [0.25, 0.3) is 6.08 Å². The van der Waals surface area contributed by atoms with Crippen molar-refractivity contribution in [3.63, 3.8) is 0 Å². The van der Waals surface area contributed by atoms with Crippen LogP contribution in [0.2, 0.25) is 0 Å². The van der Waals surface area contributed by atoms with Crippen molar-refractivity contribution in [2.75, 3.05) is 27.4 Å². The van der Waals surface area contributed by atoms with E-state index in [-0.39, 0.29) is 44.5 Å². The van der Waals surface area contributed by atoms with Crippen molar-refractivity contribution < 1.29 is 48.5 Å². The lowest BCUT2D eigenvalue weighted by Crippen LogP contribution is -2.25. The predicted octanol–water partition coefficient (Wildman–Crippen LogP) is 7.40. The summed E-state index contributed by atoms with van der Waals surface area (Å²) in [6.45, 7) is 0.148. The van der Waals surface area contributed by atoms with Crippen LogP contribution in [-0.4, -0.2) is 76.8 Å². The van der Waals surface area contributed by atoms with Crippen LogP contribution >= 0.6 is 23.5 Å². The average molecular weight is 803 g/mol. The zero-order valence-electron chi connectivity index (χ0n) is 28.9. The van der Waals surface area contributed by atoms with E-state index in [9.17, 15) is 29.6 Å². The van der Waals surface area contributed by atoms with Gasteiger partial charge in [-0.15, -0.1) is 0 Å². The van der Waals surface area contributed by atoms with E-state index in [2.05, 4.69) is 20.9 Å². The van der Waals surface area contributed by atoms with Crippen molar-refractivity contribution >= 4 is 63.3 Å². The van der Waals surface area contributed by atoms with Crippen LogP contribution in [0.4, 0.5) is 9.59 Å². The summed E-state index contributed by atoms with van der Waals surface area (Å²) in [5.74, 6) is 1.83. The van der Waals surface area contributed by atoms with Gasteiger partial charge in [-0.05, 0) is 83.9 Å². The molecular formula is C40H42N4O10S2. The Hall–Kier alpha value is -6.26. The minimum absolute atomic E-state index is 0. The van der Waals surface area contributed by atoms with Gasteiger partial charge in [-0.3, -0.25) is 29.8 Å². The van der Waals surface area contributed by atoms with Crippen molar-refractivity contribution in [2.45, 2.75) is 26.5 Å². The van der Waals surface area contributed by atoms with E-state index in [1.165, 1.54) is 0 Å². The largest absolute Gasteiger partial charge is 0.497 e. The number of imide groups is 2. The molecule has 4 amide bonds. The average Bonchev–Trinajstić information content (AvgIpc) is 3.69. The molecule has 14 nitrogen and oxygen atoms in total. The Balaban J connectivity index is 0.000000290. The van der Waals surface area contributed by atoms with E-state index < -0.39 is 11.2 Å². The van der Waals surface area contributed by atoms with Crippen molar-refractivity contribution in [1.82, 2.24) is 10.6 Å². The van der Waals surface area contributed by atoms with Gasteiger partial charge in [-0.25, -0.2) is 0 Å². The Morgan fingerprint density at radius 2 is 1.21 bits per heavy atom. The Bertz CT molecular complexity index is 2090. The van der Waals surface area contributed by atoms with Crippen LogP contribution in [-0.2, 0) is 16.0 Å². The van der Waals surface area contributed by atoms with Crippen LogP contribution < -0.4 is 29.6 Å². The van der Waals surface area contributed by atoms with Crippen LogP contribution in [0.1, 0.15) is 37.1 Å². The molecule has 2 heterocycles. The van der Waals surface area contributed by atoms with Crippen molar-refractivity contribution in [2.24, 2.45) is 10.3 Å². The fourth-order valence-electron chi connectivity index (χ4n) is 4.94. The quantitative estimate of drug-likeness (QED) is 0.0454. The molecule has 4 aromatic carbocycles. The fraction of sp³-hybridized carbons (Fsp3) is 0.200. The number of nitrogens with one attached hydrogen (secondary N) is 2. The van der Waals surface area contributed by atoms with E-state index in [1.54, 1.807) is 105 Å². The number of amides is 4. The molecule has 2 aliphatic heterocycles. The lowest BCUT2D eigenvalue weighted by Gasteiger charge is -2.10. The SMILES string of the molecule is C.C.COc1cccc(C(COc2ccc(/C=C3\SC(=O)NC3=O)cc2)=NO)c1.COc1cccc(C(COc2ccc(CC3SC(=O)NC3=O)cc2)=NO)c1. The van der Waals surface area contributed by atoms with Gasteiger partial charge in [0.05, 0.1) is 24.4 Å². The molecule has 2 fully saturated rings. The third kappa shape index (κ3) is 12.4. The number of carbonyl (C=O) groups is 4. The molecule has 0 saturated carbocycles. The number of benzene rings is 4. The lowest BCUT2D eigenvalue weighted by atomic mass is 10.1. The Morgan fingerprint density at radius 1 is 0.696 bits per heavy atom. The highest BCUT2D eigenvalue weighted by Crippen LogP contribution is 2.27. The normalized spacial score (nSPS) is 15.8. The predicted molar refractivity (Wildman–Crippen MR) is 218 cm³/mol. The van der Waals surface area contributed by atoms with Crippen LogP contribution in [0.15, 0.2) is 112 Å². The highest BCUT2D eigenvalue weighted by molar-refractivity contribution is 8.18. The smallest absolute Gasteiger partial charge is 0.290 e. The third-order valence-corrected chi connectivity index (χ3v) is 9.52. The number of ether oxygens (including phenoxy) is 4. The maximum atomic E-state index is 11.6. The second kappa shape index (κ2) is 21.6. The van der Waals surface area contributed by atoms with Gasteiger partial charge >= 0.3 is 0 Å². The molecule has 0 aromatic heterocycles. The number of methoxy groups -OCH3 is 2. The number of thioether (sulfide) groups is 2. The number of rotatable bonds is 13. The molecule has 4 N–H and O–H groups in total. The molecule has 6 rings (SSSR count). The molecule has 0 spiro atoms. The molecule has 2 aliphatic rings. The van der Waals surface area contributed by atoms with Crippen LogP contribution in [0.5, 0.6) is 23.0 Å². The van der Waals surface area contributed by atoms with Crippen LogP contribution in [0, 0.1) is 0 Å². The van der Waals surface area contributed by atoms with Gasteiger partial charge in [0, 0.05) is 11.1 Å². The molecule has 294 valence electrons. The van der Waals surface area contributed by atoms with Crippen molar-refractivity contribution in [3.8, 4) is 23.0 Å². The van der Waals surface area contributed by atoms with Gasteiger partial charge in [0.2, 0.25) is 5.91 Å². The Morgan fingerprint density at radius 3 is 1.64 bits per heavy atom. The van der Waals surface area contributed by atoms with E-state index >= 15 is 0 Å². The van der Waals surface area contributed by atoms with E-state index in [0.29, 0.717) is 56.9 Å². The van der Waals surface area contributed by atoms with E-state index in [4.69, 9.17) is 18.9 Å². The summed E-state index contributed by atoms with van der Waals surface area (Å²) in [5.41, 5.74) is 3.80. The van der Waals surface area contributed by atoms with Gasteiger partial charge in [-0.1, -0.05) is 85.5 Å². The van der Waals surface area contributed by atoms with E-state index in [0.717, 1.165) is 34.7 Å². The summed E-state index contributed by atoms with van der Waals surface area (Å²) in [7, 11) is 3.13. The first-order valence-corrected chi connectivity index (χ1v) is 17.8. The zero-order chi connectivity index (χ0) is 38.5. The summed E-state index contributed by atoms with van der Waals surface area (Å²) in [6, 6.07) is 28.5. The second-order valence-electron chi connectivity index (χ2n) is 11.3. The lowest BCUT2D eigenvalue weighted by molar-refractivity contribution is -0.119. The van der Waals surface area contributed by atoms with Crippen molar-refractivity contribution in [1.29, 1.82) is 0 Å². The fourth-order valence-corrected chi connectivity index (χ4v) is 6.49. The molecule has 0 radical (unpaired) electrons. The molecule has 16 heteroatoms. The molecular weight excluding hydrogens is 761 g/mol. The monoisotopic (exact) mass is 802 g/mol. The number of carbonyl (C=O) groups excluding carboxylic acids is 4. The summed E-state index contributed by atoms with van der Waals surface area (Å²) < 4.78 is 21.7.